The predicted octanol–water partition coefficient (Wildman–Crippen LogP) is 2.10. The molecule has 0 unspecified atom stereocenters. The number of carbonyl (C=O) groups is 2. The van der Waals surface area contributed by atoms with E-state index in [0.717, 1.165) is 6.42 Å². The van der Waals surface area contributed by atoms with Crippen LogP contribution >= 0.6 is 0 Å². The lowest BCUT2D eigenvalue weighted by Gasteiger charge is -2.30. The Morgan fingerprint density at radius 3 is 2.64 bits per heavy atom. The Morgan fingerprint density at radius 2 is 2.00 bits per heavy atom. The monoisotopic (exact) mass is 350 g/mol. The first-order valence-electron chi connectivity index (χ1n) is 8.37. The number of amides is 1. The average molecular weight is 350 g/mol. The van der Waals surface area contributed by atoms with Crippen molar-refractivity contribution in [1.82, 2.24) is 14.9 Å². The zero-order valence-corrected chi connectivity index (χ0v) is 15.5. The summed E-state index contributed by atoms with van der Waals surface area (Å²) in [4.78, 5) is 36.3. The minimum Gasteiger partial charge on any atom is -0.464 e. The second-order valence-electron chi connectivity index (χ2n) is 7.06. The van der Waals surface area contributed by atoms with Crippen molar-refractivity contribution in [2.24, 2.45) is 0 Å². The smallest absolute Gasteiger partial charge is 0.410 e. The second kappa shape index (κ2) is 7.67. The van der Waals surface area contributed by atoms with E-state index >= 15 is 0 Å². The van der Waals surface area contributed by atoms with E-state index in [1.165, 1.54) is 19.4 Å². The van der Waals surface area contributed by atoms with Gasteiger partial charge in [0.2, 0.25) is 5.95 Å². The van der Waals surface area contributed by atoms with Crippen LogP contribution in [0.25, 0.3) is 0 Å². The van der Waals surface area contributed by atoms with Gasteiger partial charge in [0.1, 0.15) is 5.60 Å². The largest absolute Gasteiger partial charge is 0.464 e. The van der Waals surface area contributed by atoms with Gasteiger partial charge in [-0.05, 0) is 40.2 Å². The molecule has 1 amide bonds. The molecule has 138 valence electrons. The molecule has 1 atom stereocenters. The van der Waals surface area contributed by atoms with Crippen LogP contribution in [0.3, 0.4) is 0 Å². The molecule has 0 aromatic carbocycles. The van der Waals surface area contributed by atoms with Crippen LogP contribution in [-0.2, 0) is 9.47 Å². The van der Waals surface area contributed by atoms with Gasteiger partial charge in [-0.2, -0.15) is 0 Å². The fourth-order valence-electron chi connectivity index (χ4n) is 2.66. The van der Waals surface area contributed by atoms with Crippen LogP contribution in [0.5, 0.6) is 0 Å². The van der Waals surface area contributed by atoms with Crippen LogP contribution in [0.4, 0.5) is 10.7 Å². The van der Waals surface area contributed by atoms with Crippen LogP contribution in [0.2, 0.25) is 0 Å². The first-order chi connectivity index (χ1) is 11.7. The maximum absolute atomic E-state index is 12.3. The molecule has 0 radical (unpaired) electrons. The summed E-state index contributed by atoms with van der Waals surface area (Å²) in [5.41, 5.74) is -0.308. The Morgan fingerprint density at radius 1 is 1.28 bits per heavy atom. The molecule has 1 aliphatic heterocycles. The highest BCUT2D eigenvalue weighted by atomic mass is 16.6. The molecule has 1 fully saturated rings. The van der Waals surface area contributed by atoms with Crippen LogP contribution in [0.15, 0.2) is 12.3 Å². The molecule has 1 aromatic heterocycles. The number of aromatic nitrogens is 2. The first kappa shape index (κ1) is 19.0. The molecule has 0 saturated carbocycles. The summed E-state index contributed by atoms with van der Waals surface area (Å²) in [5, 5.41) is 0. The molecule has 8 nitrogen and oxygen atoms in total. The molecule has 1 aliphatic rings. The van der Waals surface area contributed by atoms with E-state index in [9.17, 15) is 9.59 Å². The van der Waals surface area contributed by atoms with Crippen molar-refractivity contribution in [2.75, 3.05) is 31.6 Å². The van der Waals surface area contributed by atoms with Gasteiger partial charge in [-0.3, -0.25) is 0 Å². The topological polar surface area (TPSA) is 84.9 Å². The minimum absolute atomic E-state index is 0.0112. The zero-order chi connectivity index (χ0) is 18.6. The average Bonchev–Trinajstić information content (AvgIpc) is 2.74. The highest BCUT2D eigenvalue weighted by Gasteiger charge is 2.29. The Labute approximate surface area is 148 Å². The quantitative estimate of drug-likeness (QED) is 0.755. The van der Waals surface area contributed by atoms with E-state index in [1.807, 2.05) is 32.6 Å². The molecule has 8 heteroatoms. The van der Waals surface area contributed by atoms with Gasteiger partial charge in [0.15, 0.2) is 5.69 Å². The highest BCUT2D eigenvalue weighted by Crippen LogP contribution is 2.19. The molecule has 2 heterocycles. The number of hydrogen-bond donors (Lipinski definition) is 0. The SMILES string of the molecule is COC(=O)c1ccnc(N2CCCN(C(=O)OC(C)(C)C)C[C@@H]2C)n1. The third-order valence-corrected chi connectivity index (χ3v) is 3.79. The van der Waals surface area contributed by atoms with Crippen molar-refractivity contribution < 1.29 is 19.1 Å². The number of rotatable bonds is 2. The summed E-state index contributed by atoms with van der Waals surface area (Å²) in [6, 6.07) is 1.51. The zero-order valence-electron chi connectivity index (χ0n) is 15.5. The van der Waals surface area contributed by atoms with Gasteiger partial charge in [0.05, 0.1) is 7.11 Å². The van der Waals surface area contributed by atoms with Crippen molar-refractivity contribution in [1.29, 1.82) is 0 Å². The number of hydrogen-bond acceptors (Lipinski definition) is 7. The summed E-state index contributed by atoms with van der Waals surface area (Å²) in [6.45, 7) is 9.34. The fourth-order valence-corrected chi connectivity index (χ4v) is 2.66. The van der Waals surface area contributed by atoms with Crippen LogP contribution in [0, 0.1) is 0 Å². The maximum atomic E-state index is 12.3. The van der Waals surface area contributed by atoms with Crippen molar-refractivity contribution in [2.45, 2.75) is 45.8 Å². The normalized spacial score (nSPS) is 18.5. The summed E-state index contributed by atoms with van der Waals surface area (Å²) >= 11 is 0. The van der Waals surface area contributed by atoms with Gasteiger partial charge in [-0.25, -0.2) is 19.6 Å². The molecule has 0 spiro atoms. The van der Waals surface area contributed by atoms with Crippen molar-refractivity contribution in [3.63, 3.8) is 0 Å². The number of esters is 1. The van der Waals surface area contributed by atoms with Crippen molar-refractivity contribution >= 4 is 18.0 Å². The minimum atomic E-state index is -0.524. The second-order valence-corrected chi connectivity index (χ2v) is 7.06. The van der Waals surface area contributed by atoms with E-state index in [2.05, 4.69) is 9.97 Å². The highest BCUT2D eigenvalue weighted by molar-refractivity contribution is 5.87. The molecular weight excluding hydrogens is 324 g/mol. The van der Waals surface area contributed by atoms with Crippen LogP contribution in [-0.4, -0.2) is 65.3 Å². The number of carbonyl (C=O) groups excluding carboxylic acids is 2. The van der Waals surface area contributed by atoms with E-state index in [-0.39, 0.29) is 17.8 Å². The summed E-state index contributed by atoms with van der Waals surface area (Å²) < 4.78 is 10.2. The third kappa shape index (κ3) is 5.04. The van der Waals surface area contributed by atoms with Crippen LogP contribution < -0.4 is 4.90 Å². The van der Waals surface area contributed by atoms with Gasteiger partial charge in [0, 0.05) is 31.9 Å². The van der Waals surface area contributed by atoms with E-state index < -0.39 is 11.6 Å². The molecule has 0 N–H and O–H groups in total. The van der Waals surface area contributed by atoms with E-state index in [0.29, 0.717) is 25.6 Å². The van der Waals surface area contributed by atoms with Gasteiger partial charge < -0.3 is 19.3 Å². The molecule has 25 heavy (non-hydrogen) atoms. The van der Waals surface area contributed by atoms with Crippen molar-refractivity contribution in [3.05, 3.63) is 18.0 Å². The van der Waals surface area contributed by atoms with Crippen LogP contribution in [0.1, 0.15) is 44.6 Å². The predicted molar refractivity (Wildman–Crippen MR) is 92.6 cm³/mol. The molecular formula is C17H26N4O4. The van der Waals surface area contributed by atoms with Crippen molar-refractivity contribution in [3.8, 4) is 0 Å². The third-order valence-electron chi connectivity index (χ3n) is 3.79. The maximum Gasteiger partial charge on any atom is 0.410 e. The summed E-state index contributed by atoms with van der Waals surface area (Å²) in [7, 11) is 1.32. The lowest BCUT2D eigenvalue weighted by atomic mass is 10.2. The summed E-state index contributed by atoms with van der Waals surface area (Å²) in [5.74, 6) is -0.0389. The first-order valence-corrected chi connectivity index (χ1v) is 8.37. The molecule has 0 bridgehead atoms. The van der Waals surface area contributed by atoms with E-state index in [1.54, 1.807) is 4.90 Å². The lowest BCUT2D eigenvalue weighted by Crippen LogP contribution is -2.43. The Bertz CT molecular complexity index is 629. The Kier molecular flexibility index (Phi) is 5.81. The Balaban J connectivity index is 2.12. The Hall–Kier alpha value is -2.38. The number of nitrogens with zero attached hydrogens (tertiary/aromatic N) is 4. The molecule has 1 saturated heterocycles. The summed E-state index contributed by atoms with van der Waals surface area (Å²) in [6.07, 6.45) is 1.98. The molecule has 1 aromatic rings. The van der Waals surface area contributed by atoms with Gasteiger partial charge in [-0.15, -0.1) is 0 Å². The van der Waals surface area contributed by atoms with Gasteiger partial charge in [-0.1, -0.05) is 0 Å². The fraction of sp³-hybridized carbons (Fsp3) is 0.647. The number of anilines is 1. The molecule has 0 aliphatic carbocycles. The molecule has 2 rings (SSSR count). The standard InChI is InChI=1S/C17H26N4O4/c1-12-11-20(16(23)25-17(2,3)4)9-6-10-21(12)15-18-8-7-13(19-15)14(22)24-5/h7-8,12H,6,9-11H2,1-5H3/t12-/m0/s1. The number of methoxy groups -OCH3 is 1. The lowest BCUT2D eigenvalue weighted by molar-refractivity contribution is 0.0251. The van der Waals surface area contributed by atoms with Gasteiger partial charge >= 0.3 is 12.1 Å². The van der Waals surface area contributed by atoms with Gasteiger partial charge in [0.25, 0.3) is 0 Å². The van der Waals surface area contributed by atoms with E-state index in [4.69, 9.17) is 9.47 Å². The number of ether oxygens (including phenoxy) is 2.